The van der Waals surface area contributed by atoms with Crippen molar-refractivity contribution in [2.24, 2.45) is 0 Å². The summed E-state index contributed by atoms with van der Waals surface area (Å²) in [5, 5.41) is 0. The molecule has 0 saturated carbocycles. The number of benzene rings is 1. The van der Waals surface area contributed by atoms with Crippen LogP contribution in [-0.2, 0) is 5.88 Å². The molecule has 0 saturated heterocycles. The second-order valence-corrected chi connectivity index (χ2v) is 3.10. The summed E-state index contributed by atoms with van der Waals surface area (Å²) in [5.41, 5.74) is 1.29. The summed E-state index contributed by atoms with van der Waals surface area (Å²) in [4.78, 5) is 0. The van der Waals surface area contributed by atoms with E-state index in [9.17, 15) is 13.2 Å². The molecule has 0 spiro atoms. The van der Waals surface area contributed by atoms with Crippen LogP contribution in [0.2, 0.25) is 0 Å². The predicted octanol–water partition coefficient (Wildman–Crippen LogP) is 3.63. The van der Waals surface area contributed by atoms with E-state index < -0.39 is 6.36 Å². The zero-order chi connectivity index (χ0) is 10.8. The molecule has 5 heteroatoms. The van der Waals surface area contributed by atoms with Gasteiger partial charge >= 0.3 is 6.36 Å². The Morgan fingerprint density at radius 1 is 1.29 bits per heavy atom. The zero-order valence-electron chi connectivity index (χ0n) is 7.36. The van der Waals surface area contributed by atoms with Crippen molar-refractivity contribution < 1.29 is 17.9 Å². The van der Waals surface area contributed by atoms with Gasteiger partial charge in [-0.2, -0.15) is 0 Å². The third kappa shape index (κ3) is 3.46. The van der Waals surface area contributed by atoms with E-state index in [1.54, 1.807) is 13.0 Å². The molecule has 0 aliphatic carbocycles. The SMILES string of the molecule is Cc1cc(CCl)cc(OC(F)(F)F)c1. The van der Waals surface area contributed by atoms with Crippen LogP contribution >= 0.6 is 11.6 Å². The molecular formula is C9H8ClF3O. The predicted molar refractivity (Wildman–Crippen MR) is 47.4 cm³/mol. The summed E-state index contributed by atoms with van der Waals surface area (Å²) in [6, 6.07) is 4.28. The smallest absolute Gasteiger partial charge is 0.406 e. The molecule has 0 amide bonds. The van der Waals surface area contributed by atoms with Crippen molar-refractivity contribution in [3.8, 4) is 5.75 Å². The molecule has 0 N–H and O–H groups in total. The highest BCUT2D eigenvalue weighted by molar-refractivity contribution is 6.17. The summed E-state index contributed by atoms with van der Waals surface area (Å²) in [6.45, 7) is 1.68. The van der Waals surface area contributed by atoms with Crippen molar-refractivity contribution in [3.05, 3.63) is 29.3 Å². The highest BCUT2D eigenvalue weighted by atomic mass is 35.5. The fourth-order valence-electron chi connectivity index (χ4n) is 1.09. The van der Waals surface area contributed by atoms with Crippen LogP contribution < -0.4 is 4.74 Å². The van der Waals surface area contributed by atoms with Crippen LogP contribution in [-0.4, -0.2) is 6.36 Å². The van der Waals surface area contributed by atoms with Crippen LogP contribution in [0, 0.1) is 6.92 Å². The van der Waals surface area contributed by atoms with E-state index in [1.807, 2.05) is 0 Å². The van der Waals surface area contributed by atoms with Crippen molar-refractivity contribution in [2.45, 2.75) is 19.2 Å². The minimum Gasteiger partial charge on any atom is -0.406 e. The summed E-state index contributed by atoms with van der Waals surface area (Å²) < 4.78 is 39.3. The summed E-state index contributed by atoms with van der Waals surface area (Å²) in [6.07, 6.45) is -4.66. The molecule has 0 aromatic heterocycles. The second kappa shape index (κ2) is 4.09. The van der Waals surface area contributed by atoms with Gasteiger partial charge in [-0.1, -0.05) is 6.07 Å². The van der Waals surface area contributed by atoms with E-state index >= 15 is 0 Å². The van der Waals surface area contributed by atoms with Gasteiger partial charge in [-0.3, -0.25) is 0 Å². The molecule has 78 valence electrons. The van der Waals surface area contributed by atoms with Crippen molar-refractivity contribution >= 4 is 11.6 Å². The number of halogens is 4. The molecule has 1 aromatic carbocycles. The Labute approximate surface area is 84.4 Å². The van der Waals surface area contributed by atoms with Crippen LogP contribution in [0.3, 0.4) is 0 Å². The maximum Gasteiger partial charge on any atom is 0.573 e. The Bertz CT molecular complexity index is 322. The van der Waals surface area contributed by atoms with Gasteiger partial charge in [0.15, 0.2) is 0 Å². The van der Waals surface area contributed by atoms with Gasteiger partial charge in [0.2, 0.25) is 0 Å². The normalized spacial score (nSPS) is 11.5. The number of aryl methyl sites for hydroxylation is 1. The third-order valence-electron chi connectivity index (χ3n) is 1.50. The number of hydrogen-bond donors (Lipinski definition) is 0. The zero-order valence-corrected chi connectivity index (χ0v) is 8.12. The third-order valence-corrected chi connectivity index (χ3v) is 1.81. The lowest BCUT2D eigenvalue weighted by atomic mass is 10.1. The lowest BCUT2D eigenvalue weighted by molar-refractivity contribution is -0.274. The Kier molecular flexibility index (Phi) is 3.26. The lowest BCUT2D eigenvalue weighted by Crippen LogP contribution is -2.17. The maximum absolute atomic E-state index is 11.9. The van der Waals surface area contributed by atoms with Crippen LogP contribution in [0.15, 0.2) is 18.2 Å². The molecule has 1 aromatic rings. The van der Waals surface area contributed by atoms with Crippen molar-refractivity contribution in [1.29, 1.82) is 0 Å². The standard InChI is InChI=1S/C9H8ClF3O/c1-6-2-7(5-10)4-8(3-6)14-9(11,12)13/h2-4H,5H2,1H3. The first kappa shape index (κ1) is 11.2. The topological polar surface area (TPSA) is 9.23 Å². The fourth-order valence-corrected chi connectivity index (χ4v) is 1.25. The molecule has 0 radical (unpaired) electrons. The molecule has 0 aliphatic rings. The molecule has 0 fully saturated rings. The Morgan fingerprint density at radius 3 is 2.43 bits per heavy atom. The van der Waals surface area contributed by atoms with E-state index in [4.69, 9.17) is 11.6 Å². The average Bonchev–Trinajstić information content (AvgIpc) is 1.99. The van der Waals surface area contributed by atoms with Crippen LogP contribution in [0.1, 0.15) is 11.1 Å². The van der Waals surface area contributed by atoms with Gasteiger partial charge in [0, 0.05) is 5.88 Å². The number of ether oxygens (including phenoxy) is 1. The first-order valence-electron chi connectivity index (χ1n) is 3.83. The minimum atomic E-state index is -4.66. The fraction of sp³-hybridized carbons (Fsp3) is 0.333. The molecule has 0 unspecified atom stereocenters. The number of rotatable bonds is 2. The van der Waals surface area contributed by atoms with Crippen LogP contribution in [0.5, 0.6) is 5.75 Å². The van der Waals surface area contributed by atoms with Gasteiger partial charge in [-0.15, -0.1) is 24.8 Å². The molecule has 1 rings (SSSR count). The first-order chi connectivity index (χ1) is 6.40. The van der Waals surface area contributed by atoms with Gasteiger partial charge in [0.25, 0.3) is 0 Å². The first-order valence-corrected chi connectivity index (χ1v) is 4.36. The summed E-state index contributed by atoms with van der Waals surface area (Å²) in [5.74, 6) is -0.0660. The molecular weight excluding hydrogens is 217 g/mol. The molecule has 0 aliphatic heterocycles. The van der Waals surface area contributed by atoms with Gasteiger partial charge in [-0.05, 0) is 30.2 Å². The minimum absolute atomic E-state index is 0.163. The lowest BCUT2D eigenvalue weighted by Gasteiger charge is -2.10. The Morgan fingerprint density at radius 2 is 1.93 bits per heavy atom. The van der Waals surface area contributed by atoms with Crippen LogP contribution in [0.4, 0.5) is 13.2 Å². The highest BCUT2D eigenvalue weighted by Gasteiger charge is 2.31. The molecule has 1 nitrogen and oxygen atoms in total. The van der Waals surface area contributed by atoms with Crippen LogP contribution in [0.25, 0.3) is 0 Å². The van der Waals surface area contributed by atoms with E-state index in [2.05, 4.69) is 4.74 Å². The molecule has 14 heavy (non-hydrogen) atoms. The van der Waals surface area contributed by atoms with Gasteiger partial charge in [0.1, 0.15) is 5.75 Å². The largest absolute Gasteiger partial charge is 0.573 e. The van der Waals surface area contributed by atoms with Crippen molar-refractivity contribution in [2.75, 3.05) is 0 Å². The number of hydrogen-bond acceptors (Lipinski definition) is 1. The number of alkyl halides is 4. The molecule has 0 heterocycles. The van der Waals surface area contributed by atoms with Gasteiger partial charge < -0.3 is 4.74 Å². The van der Waals surface area contributed by atoms with Crippen molar-refractivity contribution in [1.82, 2.24) is 0 Å². The Hall–Kier alpha value is -0.900. The monoisotopic (exact) mass is 224 g/mol. The highest BCUT2D eigenvalue weighted by Crippen LogP contribution is 2.25. The molecule has 0 atom stereocenters. The van der Waals surface area contributed by atoms with E-state index in [1.165, 1.54) is 12.1 Å². The Balaban J connectivity index is 2.92. The average molecular weight is 225 g/mol. The summed E-state index contributed by atoms with van der Waals surface area (Å²) >= 11 is 5.51. The van der Waals surface area contributed by atoms with Crippen molar-refractivity contribution in [3.63, 3.8) is 0 Å². The summed E-state index contributed by atoms with van der Waals surface area (Å²) in [7, 11) is 0. The molecule has 0 bridgehead atoms. The van der Waals surface area contributed by atoms with E-state index in [0.717, 1.165) is 0 Å². The van der Waals surface area contributed by atoms with E-state index in [0.29, 0.717) is 11.1 Å². The van der Waals surface area contributed by atoms with E-state index in [-0.39, 0.29) is 11.6 Å². The maximum atomic E-state index is 11.9. The van der Waals surface area contributed by atoms with Gasteiger partial charge in [0.05, 0.1) is 0 Å². The van der Waals surface area contributed by atoms with Gasteiger partial charge in [-0.25, -0.2) is 0 Å². The quantitative estimate of drug-likeness (QED) is 0.697. The second-order valence-electron chi connectivity index (χ2n) is 2.84.